The molecule has 1 atom stereocenters. The monoisotopic (exact) mass is 345 g/mol. The molecule has 2 saturated carbocycles. The van der Waals surface area contributed by atoms with Crippen LogP contribution in [0.4, 0.5) is 8.78 Å². The van der Waals surface area contributed by atoms with Crippen molar-refractivity contribution in [3.8, 4) is 11.3 Å². The van der Waals surface area contributed by atoms with Gasteiger partial charge in [-0.15, -0.1) is 0 Å². The predicted octanol–water partition coefficient (Wildman–Crippen LogP) is 5.12. The van der Waals surface area contributed by atoms with E-state index in [0.29, 0.717) is 23.2 Å². The van der Waals surface area contributed by atoms with E-state index in [1.165, 1.54) is 57.4 Å². The lowest BCUT2D eigenvalue weighted by molar-refractivity contribution is 0.212. The first-order valence-electron chi connectivity index (χ1n) is 9.47. The second kappa shape index (κ2) is 7.24. The van der Waals surface area contributed by atoms with Crippen molar-refractivity contribution in [3.63, 3.8) is 0 Å². The fourth-order valence-electron chi connectivity index (χ4n) is 4.03. The van der Waals surface area contributed by atoms with Crippen molar-refractivity contribution in [2.75, 3.05) is 0 Å². The van der Waals surface area contributed by atoms with Gasteiger partial charge in [0.05, 0.1) is 11.7 Å². The van der Waals surface area contributed by atoms with E-state index in [1.807, 2.05) is 0 Å². The largest absolute Gasteiger partial charge is 0.347 e. The SMILES string of the molecule is Fc1ccc(-c2c[nH]c(C(NC3CCC3)C3CCCCC3)n2)cc1F. The maximum absolute atomic E-state index is 13.5. The second-order valence-corrected chi connectivity index (χ2v) is 7.47. The average Bonchev–Trinajstić information content (AvgIpc) is 3.07. The van der Waals surface area contributed by atoms with E-state index in [-0.39, 0.29) is 6.04 Å². The number of rotatable bonds is 5. The van der Waals surface area contributed by atoms with Gasteiger partial charge in [0.1, 0.15) is 5.82 Å². The molecule has 2 aliphatic carbocycles. The Morgan fingerprint density at radius 3 is 2.48 bits per heavy atom. The normalized spacial score (nSPS) is 20.4. The summed E-state index contributed by atoms with van der Waals surface area (Å²) in [7, 11) is 0. The minimum Gasteiger partial charge on any atom is -0.347 e. The molecule has 1 unspecified atom stereocenters. The van der Waals surface area contributed by atoms with Crippen LogP contribution in [0.2, 0.25) is 0 Å². The van der Waals surface area contributed by atoms with E-state index in [1.54, 1.807) is 12.3 Å². The van der Waals surface area contributed by atoms with Crippen LogP contribution in [0.15, 0.2) is 24.4 Å². The quantitative estimate of drug-likeness (QED) is 0.790. The van der Waals surface area contributed by atoms with Crippen LogP contribution in [-0.2, 0) is 0 Å². The Morgan fingerprint density at radius 1 is 1.00 bits per heavy atom. The zero-order chi connectivity index (χ0) is 17.2. The van der Waals surface area contributed by atoms with Gasteiger partial charge in [0.25, 0.3) is 0 Å². The smallest absolute Gasteiger partial charge is 0.159 e. The highest BCUT2D eigenvalue weighted by atomic mass is 19.2. The van der Waals surface area contributed by atoms with Gasteiger partial charge in [0, 0.05) is 17.8 Å². The molecule has 1 aromatic carbocycles. The molecule has 0 amide bonds. The summed E-state index contributed by atoms with van der Waals surface area (Å²) in [6.45, 7) is 0. The van der Waals surface area contributed by atoms with E-state index < -0.39 is 11.6 Å². The van der Waals surface area contributed by atoms with Crippen LogP contribution < -0.4 is 5.32 Å². The summed E-state index contributed by atoms with van der Waals surface area (Å²) in [5, 5.41) is 3.80. The van der Waals surface area contributed by atoms with Gasteiger partial charge in [-0.25, -0.2) is 13.8 Å². The Bertz CT molecular complexity index is 717. The summed E-state index contributed by atoms with van der Waals surface area (Å²) in [6.07, 6.45) is 11.9. The standard InChI is InChI=1S/C20H25F2N3/c21-16-10-9-14(11-17(16)22)18-12-23-20(25-18)19(24-15-7-4-8-15)13-5-2-1-3-6-13/h9-13,15,19,24H,1-8H2,(H,23,25). The Labute approximate surface area is 147 Å². The van der Waals surface area contributed by atoms with Gasteiger partial charge in [-0.3, -0.25) is 0 Å². The van der Waals surface area contributed by atoms with Crippen molar-refractivity contribution < 1.29 is 8.78 Å². The van der Waals surface area contributed by atoms with E-state index in [4.69, 9.17) is 4.98 Å². The Hall–Kier alpha value is -1.75. The molecule has 2 aromatic rings. The fraction of sp³-hybridized carbons (Fsp3) is 0.550. The van der Waals surface area contributed by atoms with Crippen molar-refractivity contribution in [1.82, 2.24) is 15.3 Å². The number of nitrogens with zero attached hydrogens (tertiary/aromatic N) is 1. The summed E-state index contributed by atoms with van der Waals surface area (Å²) >= 11 is 0. The number of aromatic nitrogens is 2. The molecule has 5 heteroatoms. The molecule has 25 heavy (non-hydrogen) atoms. The van der Waals surface area contributed by atoms with Crippen LogP contribution in [0.5, 0.6) is 0 Å². The number of hydrogen-bond acceptors (Lipinski definition) is 2. The summed E-state index contributed by atoms with van der Waals surface area (Å²) < 4.78 is 26.7. The molecule has 0 spiro atoms. The highest BCUT2D eigenvalue weighted by molar-refractivity contribution is 5.58. The van der Waals surface area contributed by atoms with Crippen LogP contribution in [0.3, 0.4) is 0 Å². The van der Waals surface area contributed by atoms with Gasteiger partial charge in [-0.1, -0.05) is 25.7 Å². The minimum absolute atomic E-state index is 0.227. The lowest BCUT2D eigenvalue weighted by Gasteiger charge is -2.36. The first-order chi connectivity index (χ1) is 12.2. The summed E-state index contributed by atoms with van der Waals surface area (Å²) in [5.41, 5.74) is 1.28. The van der Waals surface area contributed by atoms with Gasteiger partial charge < -0.3 is 10.3 Å². The number of H-pyrrole nitrogens is 1. The van der Waals surface area contributed by atoms with Crippen molar-refractivity contribution in [2.45, 2.75) is 63.5 Å². The number of benzene rings is 1. The maximum atomic E-state index is 13.5. The van der Waals surface area contributed by atoms with E-state index >= 15 is 0 Å². The van der Waals surface area contributed by atoms with Crippen molar-refractivity contribution >= 4 is 0 Å². The first-order valence-corrected chi connectivity index (χ1v) is 9.47. The lowest BCUT2D eigenvalue weighted by Crippen LogP contribution is -2.41. The maximum Gasteiger partial charge on any atom is 0.159 e. The lowest BCUT2D eigenvalue weighted by atomic mass is 9.82. The highest BCUT2D eigenvalue weighted by Crippen LogP contribution is 2.36. The molecule has 0 bridgehead atoms. The van der Waals surface area contributed by atoms with Crippen molar-refractivity contribution in [1.29, 1.82) is 0 Å². The zero-order valence-electron chi connectivity index (χ0n) is 14.4. The third kappa shape index (κ3) is 3.61. The molecule has 2 N–H and O–H groups in total. The Morgan fingerprint density at radius 2 is 1.80 bits per heavy atom. The first kappa shape index (κ1) is 16.7. The molecule has 1 aromatic heterocycles. The van der Waals surface area contributed by atoms with Crippen molar-refractivity contribution in [2.24, 2.45) is 5.92 Å². The summed E-state index contributed by atoms with van der Waals surface area (Å²) in [4.78, 5) is 8.03. The molecule has 0 saturated heterocycles. The topological polar surface area (TPSA) is 40.7 Å². The molecule has 1 heterocycles. The number of imidazole rings is 1. The summed E-state index contributed by atoms with van der Waals surface area (Å²) in [5.74, 6) is -0.137. The van der Waals surface area contributed by atoms with Gasteiger partial charge >= 0.3 is 0 Å². The molecule has 2 aliphatic rings. The van der Waals surface area contributed by atoms with Crippen molar-refractivity contribution in [3.05, 3.63) is 41.9 Å². The number of hydrogen-bond donors (Lipinski definition) is 2. The molecule has 0 radical (unpaired) electrons. The average molecular weight is 345 g/mol. The number of nitrogens with one attached hydrogen (secondary N) is 2. The van der Waals surface area contributed by atoms with E-state index in [2.05, 4.69) is 10.3 Å². The number of halogens is 2. The third-order valence-electron chi connectivity index (χ3n) is 5.75. The molecule has 3 nitrogen and oxygen atoms in total. The minimum atomic E-state index is -0.835. The highest BCUT2D eigenvalue weighted by Gasteiger charge is 2.31. The zero-order valence-corrected chi connectivity index (χ0v) is 14.4. The molecular weight excluding hydrogens is 320 g/mol. The van der Waals surface area contributed by atoms with Crippen LogP contribution in [0.25, 0.3) is 11.3 Å². The van der Waals surface area contributed by atoms with Crippen LogP contribution in [0.1, 0.15) is 63.2 Å². The van der Waals surface area contributed by atoms with Crippen LogP contribution in [-0.4, -0.2) is 16.0 Å². The third-order valence-corrected chi connectivity index (χ3v) is 5.75. The number of aromatic amines is 1. The van der Waals surface area contributed by atoms with E-state index in [0.717, 1.165) is 11.9 Å². The van der Waals surface area contributed by atoms with Gasteiger partial charge in [-0.05, 0) is 49.8 Å². The van der Waals surface area contributed by atoms with Gasteiger partial charge in [0.2, 0.25) is 0 Å². The Balaban J connectivity index is 1.58. The molecule has 4 rings (SSSR count). The van der Waals surface area contributed by atoms with Gasteiger partial charge in [0.15, 0.2) is 11.6 Å². The predicted molar refractivity (Wildman–Crippen MR) is 94.0 cm³/mol. The molecule has 2 fully saturated rings. The van der Waals surface area contributed by atoms with E-state index in [9.17, 15) is 8.78 Å². The summed E-state index contributed by atoms with van der Waals surface area (Å²) in [6, 6.07) is 4.76. The fourth-order valence-corrected chi connectivity index (χ4v) is 4.03. The molecule has 134 valence electrons. The molecule has 0 aliphatic heterocycles. The van der Waals surface area contributed by atoms with Crippen LogP contribution >= 0.6 is 0 Å². The van der Waals surface area contributed by atoms with Gasteiger partial charge in [-0.2, -0.15) is 0 Å². The Kier molecular flexibility index (Phi) is 4.84. The van der Waals surface area contributed by atoms with Crippen LogP contribution in [0, 0.1) is 17.6 Å². The second-order valence-electron chi connectivity index (χ2n) is 7.47. The molecular formula is C20H25F2N3.